The molecule has 1 aromatic heterocycles. The number of para-hydroxylation sites is 1. The van der Waals surface area contributed by atoms with Crippen LogP contribution in [0, 0.1) is 6.92 Å². The SMILES string of the molecule is Cc1ccc(C2=CC(c3cccs3)Sc3ccccc3N2)cc1. The first kappa shape index (κ1) is 14.6. The smallest absolute Gasteiger partial charge is 0.0642 e. The zero-order valence-electron chi connectivity index (χ0n) is 12.8. The minimum atomic E-state index is 0.336. The predicted molar refractivity (Wildman–Crippen MR) is 102 cm³/mol. The summed E-state index contributed by atoms with van der Waals surface area (Å²) in [7, 11) is 0. The van der Waals surface area contributed by atoms with Gasteiger partial charge in [-0.05, 0) is 42.1 Å². The van der Waals surface area contributed by atoms with Gasteiger partial charge in [0, 0.05) is 15.5 Å². The van der Waals surface area contributed by atoms with Crippen molar-refractivity contribution in [1.29, 1.82) is 0 Å². The number of nitrogens with one attached hydrogen (secondary N) is 1. The quantitative estimate of drug-likeness (QED) is 0.585. The molecule has 0 radical (unpaired) electrons. The van der Waals surface area contributed by atoms with E-state index in [1.807, 2.05) is 23.1 Å². The van der Waals surface area contributed by atoms with Crippen LogP contribution >= 0.6 is 23.1 Å². The van der Waals surface area contributed by atoms with Gasteiger partial charge < -0.3 is 5.32 Å². The van der Waals surface area contributed by atoms with Crippen LogP contribution in [0.4, 0.5) is 5.69 Å². The van der Waals surface area contributed by atoms with Gasteiger partial charge in [0.1, 0.15) is 0 Å². The van der Waals surface area contributed by atoms with Crippen molar-refractivity contribution in [3.8, 4) is 0 Å². The fraction of sp³-hybridized carbons (Fsp3) is 0.100. The Balaban J connectivity index is 1.81. The molecule has 0 aliphatic carbocycles. The number of benzene rings is 2. The van der Waals surface area contributed by atoms with E-state index in [9.17, 15) is 0 Å². The monoisotopic (exact) mass is 335 g/mol. The molecule has 3 aromatic rings. The van der Waals surface area contributed by atoms with Gasteiger partial charge in [-0.1, -0.05) is 48.0 Å². The molecule has 1 N–H and O–H groups in total. The fourth-order valence-corrected chi connectivity index (χ4v) is 4.74. The van der Waals surface area contributed by atoms with E-state index in [-0.39, 0.29) is 0 Å². The molecule has 2 aromatic carbocycles. The lowest BCUT2D eigenvalue weighted by atomic mass is 10.1. The molecular weight excluding hydrogens is 318 g/mol. The normalized spacial score (nSPS) is 16.9. The van der Waals surface area contributed by atoms with Crippen molar-refractivity contribution < 1.29 is 0 Å². The molecule has 1 aliphatic rings. The van der Waals surface area contributed by atoms with Crippen molar-refractivity contribution in [2.24, 2.45) is 0 Å². The van der Waals surface area contributed by atoms with E-state index in [0.29, 0.717) is 5.25 Å². The highest BCUT2D eigenvalue weighted by Crippen LogP contribution is 2.45. The van der Waals surface area contributed by atoms with Gasteiger partial charge in [0.15, 0.2) is 0 Å². The maximum Gasteiger partial charge on any atom is 0.0642 e. The molecule has 1 nitrogen and oxygen atoms in total. The van der Waals surface area contributed by atoms with E-state index >= 15 is 0 Å². The zero-order chi connectivity index (χ0) is 15.6. The molecule has 2 heterocycles. The molecule has 114 valence electrons. The second-order valence-electron chi connectivity index (χ2n) is 5.62. The Morgan fingerprint density at radius 2 is 1.74 bits per heavy atom. The molecule has 0 amide bonds. The van der Waals surface area contributed by atoms with Gasteiger partial charge in [-0.3, -0.25) is 0 Å². The van der Waals surface area contributed by atoms with Gasteiger partial charge in [0.05, 0.1) is 10.9 Å². The molecule has 0 saturated heterocycles. The summed E-state index contributed by atoms with van der Waals surface area (Å²) in [5.74, 6) is 0. The van der Waals surface area contributed by atoms with E-state index in [4.69, 9.17) is 0 Å². The first-order valence-electron chi connectivity index (χ1n) is 7.64. The molecule has 1 unspecified atom stereocenters. The molecule has 0 saturated carbocycles. The molecule has 23 heavy (non-hydrogen) atoms. The fourth-order valence-electron chi connectivity index (χ4n) is 2.68. The van der Waals surface area contributed by atoms with Gasteiger partial charge in [-0.2, -0.15) is 0 Å². The summed E-state index contributed by atoms with van der Waals surface area (Å²) in [6.07, 6.45) is 2.35. The van der Waals surface area contributed by atoms with E-state index < -0.39 is 0 Å². The lowest BCUT2D eigenvalue weighted by molar-refractivity contribution is 1.29. The number of hydrogen-bond acceptors (Lipinski definition) is 3. The molecular formula is C20H17NS2. The Labute approximate surface area is 145 Å². The van der Waals surface area contributed by atoms with Crippen LogP contribution in [-0.2, 0) is 0 Å². The molecule has 0 fully saturated rings. The highest BCUT2D eigenvalue weighted by molar-refractivity contribution is 8.00. The van der Waals surface area contributed by atoms with Crippen molar-refractivity contribution in [2.45, 2.75) is 17.1 Å². The van der Waals surface area contributed by atoms with Crippen molar-refractivity contribution in [1.82, 2.24) is 0 Å². The highest BCUT2D eigenvalue weighted by atomic mass is 32.2. The topological polar surface area (TPSA) is 12.0 Å². The molecule has 1 atom stereocenters. The van der Waals surface area contributed by atoms with E-state index in [1.54, 1.807) is 0 Å². The predicted octanol–water partition coefficient (Wildman–Crippen LogP) is 6.36. The molecule has 0 spiro atoms. The standard InChI is InChI=1S/C20H17NS2/c1-14-8-10-15(11-9-14)17-13-20(19-7-4-12-22-19)23-18-6-3-2-5-16(18)21-17/h2-13,20-21H,1H3. The summed E-state index contributed by atoms with van der Waals surface area (Å²) < 4.78 is 0. The maximum absolute atomic E-state index is 3.63. The van der Waals surface area contributed by atoms with E-state index in [1.165, 1.54) is 32.3 Å². The van der Waals surface area contributed by atoms with Crippen LogP contribution in [0.15, 0.2) is 77.0 Å². The third-order valence-electron chi connectivity index (χ3n) is 3.91. The van der Waals surface area contributed by atoms with Crippen molar-refractivity contribution in [3.63, 3.8) is 0 Å². The minimum Gasteiger partial charge on any atom is -0.354 e. The Bertz CT molecular complexity index is 832. The number of rotatable bonds is 2. The number of fused-ring (bicyclic) bond motifs is 1. The molecule has 4 rings (SSSR count). The van der Waals surface area contributed by atoms with Crippen LogP contribution in [0.3, 0.4) is 0 Å². The van der Waals surface area contributed by atoms with E-state index in [0.717, 1.165) is 0 Å². The maximum atomic E-state index is 3.63. The van der Waals surface area contributed by atoms with Crippen molar-refractivity contribution >= 4 is 34.5 Å². The van der Waals surface area contributed by atoms with Crippen LogP contribution in [0.25, 0.3) is 5.70 Å². The highest BCUT2D eigenvalue weighted by Gasteiger charge is 2.19. The van der Waals surface area contributed by atoms with Crippen LogP contribution in [0.5, 0.6) is 0 Å². The van der Waals surface area contributed by atoms with E-state index in [2.05, 4.69) is 84.4 Å². The number of thioether (sulfide) groups is 1. The number of anilines is 1. The van der Waals surface area contributed by atoms with Crippen LogP contribution in [0.1, 0.15) is 21.3 Å². The lowest BCUT2D eigenvalue weighted by Crippen LogP contribution is -1.99. The first-order chi connectivity index (χ1) is 11.3. The second kappa shape index (κ2) is 6.26. The Morgan fingerprint density at radius 1 is 0.913 bits per heavy atom. The largest absolute Gasteiger partial charge is 0.354 e. The summed E-state index contributed by atoms with van der Waals surface area (Å²) in [5, 5.41) is 6.12. The summed E-state index contributed by atoms with van der Waals surface area (Å²) >= 11 is 3.73. The average Bonchev–Trinajstić information content (AvgIpc) is 3.03. The molecule has 0 bridgehead atoms. The van der Waals surface area contributed by atoms with Gasteiger partial charge >= 0.3 is 0 Å². The van der Waals surface area contributed by atoms with Crippen LogP contribution in [0.2, 0.25) is 0 Å². The zero-order valence-corrected chi connectivity index (χ0v) is 14.5. The Morgan fingerprint density at radius 3 is 2.52 bits per heavy atom. The summed E-state index contributed by atoms with van der Waals surface area (Å²) in [5.41, 5.74) is 4.88. The molecule has 1 aliphatic heterocycles. The third-order valence-corrected chi connectivity index (χ3v) is 6.27. The summed E-state index contributed by atoms with van der Waals surface area (Å²) in [4.78, 5) is 2.68. The average molecular weight is 335 g/mol. The molecule has 3 heteroatoms. The Hall–Kier alpha value is -1.97. The van der Waals surface area contributed by atoms with Gasteiger partial charge in [-0.25, -0.2) is 0 Å². The van der Waals surface area contributed by atoms with Crippen molar-refractivity contribution in [3.05, 3.63) is 88.1 Å². The number of thiophene rings is 1. The van der Waals surface area contributed by atoms with Crippen LogP contribution in [-0.4, -0.2) is 0 Å². The number of hydrogen-bond donors (Lipinski definition) is 1. The Kier molecular flexibility index (Phi) is 3.98. The summed E-state index contributed by atoms with van der Waals surface area (Å²) in [6.45, 7) is 2.12. The second-order valence-corrected chi connectivity index (χ2v) is 7.78. The van der Waals surface area contributed by atoms with Gasteiger partial charge in [0.25, 0.3) is 0 Å². The minimum absolute atomic E-state index is 0.336. The summed E-state index contributed by atoms with van der Waals surface area (Å²) in [6, 6.07) is 21.6. The van der Waals surface area contributed by atoms with Gasteiger partial charge in [0.2, 0.25) is 0 Å². The van der Waals surface area contributed by atoms with Crippen molar-refractivity contribution in [2.75, 3.05) is 5.32 Å². The number of aryl methyl sites for hydroxylation is 1. The van der Waals surface area contributed by atoms with Gasteiger partial charge in [-0.15, -0.1) is 23.1 Å². The first-order valence-corrected chi connectivity index (χ1v) is 9.40. The third kappa shape index (κ3) is 3.07. The van der Waals surface area contributed by atoms with Crippen LogP contribution < -0.4 is 5.32 Å². The lowest BCUT2D eigenvalue weighted by Gasteiger charge is -2.11.